The Morgan fingerprint density at radius 3 is 2.33 bits per heavy atom. The number of aliphatic imine (C=N–C) groups is 1. The van der Waals surface area contributed by atoms with Crippen LogP contribution in [-0.2, 0) is 19.9 Å². The molecule has 0 aromatic carbocycles. The number of guanidine groups is 1. The van der Waals surface area contributed by atoms with Crippen molar-refractivity contribution in [2.24, 2.45) is 22.4 Å². The molecule has 2 rings (SSSR count). The van der Waals surface area contributed by atoms with E-state index in [4.69, 9.17) is 38.5 Å². The van der Waals surface area contributed by atoms with Crippen LogP contribution >= 0.6 is 0 Å². The second-order valence-corrected chi connectivity index (χ2v) is 6.25. The summed E-state index contributed by atoms with van der Waals surface area (Å²) in [6.45, 7) is 3.38. The average Bonchev–Trinajstić information content (AvgIpc) is 2.73. The number of hydrogen-bond acceptors (Lipinski definition) is 5. The Morgan fingerprint density at radius 1 is 1.33 bits per heavy atom. The lowest BCUT2D eigenvalue weighted by Crippen LogP contribution is -2.35. The molecule has 9 nitrogen and oxygen atoms in total. The van der Waals surface area contributed by atoms with Gasteiger partial charge in [-0.2, -0.15) is 8.42 Å². The molecule has 2 fully saturated rings. The minimum absolute atomic E-state index is 0.00973. The summed E-state index contributed by atoms with van der Waals surface area (Å²) in [5.41, 5.74) is 10.6. The van der Waals surface area contributed by atoms with Crippen molar-refractivity contribution in [1.82, 2.24) is 0 Å². The van der Waals surface area contributed by atoms with Crippen LogP contribution in [0.2, 0.25) is 0 Å². The molecule has 1 aliphatic heterocycles. The molecule has 10 heteroatoms. The highest BCUT2D eigenvalue weighted by atomic mass is 32.3. The molecule has 1 atom stereocenters. The summed E-state index contributed by atoms with van der Waals surface area (Å²) in [7, 11) is -4.67. The Balaban J connectivity index is 0.000000383. The van der Waals surface area contributed by atoms with Crippen molar-refractivity contribution in [3.8, 4) is 0 Å². The predicted octanol–water partition coefficient (Wildman–Crippen LogP) is -0.0712. The molecule has 2 aliphatic rings. The Hall–Kier alpha value is -0.940. The number of nitrogens with two attached hydrogens (primary N) is 2. The first-order valence-electron chi connectivity index (χ1n) is 6.67. The van der Waals surface area contributed by atoms with Gasteiger partial charge in [0.25, 0.3) is 0 Å². The first-order valence-corrected chi connectivity index (χ1v) is 8.06. The predicted molar refractivity (Wildman–Crippen MR) is 76.0 cm³/mol. The van der Waals surface area contributed by atoms with E-state index >= 15 is 0 Å². The largest absolute Gasteiger partial charge is 0.394 e. The van der Waals surface area contributed by atoms with Crippen LogP contribution in [0.3, 0.4) is 0 Å². The van der Waals surface area contributed by atoms with Crippen molar-refractivity contribution in [3.63, 3.8) is 0 Å². The molecule has 1 spiro atoms. The lowest BCUT2D eigenvalue weighted by molar-refractivity contribution is -0.190. The normalized spacial score (nSPS) is 32.3. The van der Waals surface area contributed by atoms with Crippen LogP contribution in [0.5, 0.6) is 0 Å². The zero-order valence-corrected chi connectivity index (χ0v) is 12.8. The van der Waals surface area contributed by atoms with Gasteiger partial charge in [-0.3, -0.25) is 14.1 Å². The van der Waals surface area contributed by atoms with E-state index in [1.54, 1.807) is 0 Å². The van der Waals surface area contributed by atoms with Gasteiger partial charge in [0.1, 0.15) is 6.10 Å². The Morgan fingerprint density at radius 2 is 1.86 bits per heavy atom. The maximum absolute atomic E-state index is 8.74. The van der Waals surface area contributed by atoms with Gasteiger partial charge in [0, 0.05) is 12.8 Å². The van der Waals surface area contributed by atoms with E-state index in [9.17, 15) is 0 Å². The van der Waals surface area contributed by atoms with Crippen LogP contribution in [0.4, 0.5) is 0 Å². The highest BCUT2D eigenvalue weighted by Crippen LogP contribution is 2.39. The van der Waals surface area contributed by atoms with Gasteiger partial charge in [-0.1, -0.05) is 6.92 Å². The molecule has 1 heterocycles. The fourth-order valence-corrected chi connectivity index (χ4v) is 2.38. The lowest BCUT2D eigenvalue weighted by Gasteiger charge is -2.34. The van der Waals surface area contributed by atoms with E-state index in [2.05, 4.69) is 11.9 Å². The smallest absolute Gasteiger partial charge is 0.370 e. The molecular formula is C11H23N3O6S. The summed E-state index contributed by atoms with van der Waals surface area (Å²) in [4.78, 5) is 3.97. The third kappa shape index (κ3) is 7.58. The monoisotopic (exact) mass is 325 g/mol. The molecule has 1 aliphatic carbocycles. The van der Waals surface area contributed by atoms with Gasteiger partial charge in [-0.15, -0.1) is 0 Å². The average molecular weight is 325 g/mol. The summed E-state index contributed by atoms with van der Waals surface area (Å²) < 4.78 is 43.3. The van der Waals surface area contributed by atoms with Crippen molar-refractivity contribution in [3.05, 3.63) is 0 Å². The Kier molecular flexibility index (Phi) is 6.35. The van der Waals surface area contributed by atoms with Crippen LogP contribution in [0.25, 0.3) is 0 Å². The van der Waals surface area contributed by atoms with Gasteiger partial charge in [0.05, 0.1) is 13.2 Å². The molecule has 0 radical (unpaired) electrons. The van der Waals surface area contributed by atoms with Crippen molar-refractivity contribution in [1.29, 1.82) is 0 Å². The van der Waals surface area contributed by atoms with Crippen LogP contribution in [-0.4, -0.2) is 48.5 Å². The standard InChI is InChI=1S/C11H21N3O2.H2O4S/c1-8-2-4-11(5-3-8)15-7-9(16-11)6-14-10(12)13;1-5(2,3)4/h8-9H,2-7H2,1H3,(H4,12,13,14);(H2,1,2,3,4). The maximum Gasteiger partial charge on any atom is 0.394 e. The number of ether oxygens (including phenoxy) is 2. The maximum atomic E-state index is 8.74. The van der Waals surface area contributed by atoms with Crippen LogP contribution in [0.1, 0.15) is 32.6 Å². The number of rotatable bonds is 2. The summed E-state index contributed by atoms with van der Waals surface area (Å²) >= 11 is 0. The molecule has 0 aromatic rings. The lowest BCUT2D eigenvalue weighted by atomic mass is 9.86. The van der Waals surface area contributed by atoms with Crippen molar-refractivity contribution in [2.75, 3.05) is 13.2 Å². The zero-order valence-electron chi connectivity index (χ0n) is 11.9. The van der Waals surface area contributed by atoms with Crippen molar-refractivity contribution in [2.45, 2.75) is 44.5 Å². The highest BCUT2D eigenvalue weighted by molar-refractivity contribution is 7.79. The van der Waals surface area contributed by atoms with Crippen LogP contribution in [0, 0.1) is 5.92 Å². The molecule has 1 saturated carbocycles. The van der Waals surface area contributed by atoms with E-state index < -0.39 is 10.4 Å². The molecule has 0 amide bonds. The highest BCUT2D eigenvalue weighted by Gasteiger charge is 2.43. The molecule has 21 heavy (non-hydrogen) atoms. The minimum Gasteiger partial charge on any atom is -0.370 e. The topological polar surface area (TPSA) is 157 Å². The van der Waals surface area contributed by atoms with Gasteiger partial charge in [-0.05, 0) is 18.8 Å². The van der Waals surface area contributed by atoms with E-state index in [0.717, 1.165) is 18.8 Å². The quantitative estimate of drug-likeness (QED) is 0.312. The van der Waals surface area contributed by atoms with E-state index in [1.807, 2.05) is 0 Å². The van der Waals surface area contributed by atoms with E-state index in [1.165, 1.54) is 12.8 Å². The number of nitrogens with zero attached hydrogens (tertiary/aromatic N) is 1. The molecule has 0 bridgehead atoms. The molecular weight excluding hydrogens is 302 g/mol. The first kappa shape index (κ1) is 18.1. The Labute approximate surface area is 124 Å². The summed E-state index contributed by atoms with van der Waals surface area (Å²) in [6.07, 6.45) is 4.35. The van der Waals surface area contributed by atoms with Gasteiger partial charge >= 0.3 is 10.4 Å². The summed E-state index contributed by atoms with van der Waals surface area (Å²) in [5, 5.41) is 0. The van der Waals surface area contributed by atoms with Gasteiger partial charge in [0.15, 0.2) is 11.7 Å². The van der Waals surface area contributed by atoms with Crippen LogP contribution < -0.4 is 11.5 Å². The van der Waals surface area contributed by atoms with Crippen LogP contribution in [0.15, 0.2) is 4.99 Å². The fourth-order valence-electron chi connectivity index (χ4n) is 2.38. The molecule has 1 saturated heterocycles. The second kappa shape index (κ2) is 7.36. The number of hydrogen-bond donors (Lipinski definition) is 4. The zero-order chi connectivity index (χ0) is 16.1. The van der Waals surface area contributed by atoms with Gasteiger partial charge < -0.3 is 20.9 Å². The molecule has 6 N–H and O–H groups in total. The summed E-state index contributed by atoms with van der Waals surface area (Å²) in [6, 6.07) is 0. The summed E-state index contributed by atoms with van der Waals surface area (Å²) in [5.74, 6) is 0.562. The third-order valence-electron chi connectivity index (χ3n) is 3.43. The SMILES string of the molecule is CC1CCC2(CC1)OCC(CN=C(N)N)O2.O=S(=O)(O)O. The minimum atomic E-state index is -4.67. The third-order valence-corrected chi connectivity index (χ3v) is 3.43. The Bertz CT molecular complexity index is 447. The van der Waals surface area contributed by atoms with Crippen molar-refractivity contribution < 1.29 is 27.0 Å². The molecule has 1 unspecified atom stereocenters. The second-order valence-electron chi connectivity index (χ2n) is 5.36. The fraction of sp³-hybridized carbons (Fsp3) is 0.909. The van der Waals surface area contributed by atoms with E-state index in [-0.39, 0.29) is 17.9 Å². The van der Waals surface area contributed by atoms with Gasteiger partial charge in [-0.25, -0.2) is 0 Å². The van der Waals surface area contributed by atoms with Gasteiger partial charge in [0.2, 0.25) is 0 Å². The van der Waals surface area contributed by atoms with Crippen molar-refractivity contribution >= 4 is 16.4 Å². The first-order chi connectivity index (χ1) is 9.60. The molecule has 0 aromatic heterocycles. The van der Waals surface area contributed by atoms with E-state index in [0.29, 0.717) is 13.2 Å². The molecule has 124 valence electrons.